The number of carbonyl (C=O) groups excluding carboxylic acids is 2. The highest BCUT2D eigenvalue weighted by Gasteiger charge is 2.09. The number of methoxy groups -OCH3 is 2. The maximum atomic E-state index is 12.6. The lowest BCUT2D eigenvalue weighted by molar-refractivity contribution is 0.0949. The van der Waals surface area contributed by atoms with Crippen LogP contribution < -0.4 is 10.6 Å². The largest absolute Gasteiger partial charge is 0.380 e. The van der Waals surface area contributed by atoms with Gasteiger partial charge in [-0.3, -0.25) is 9.59 Å². The fraction of sp³-hybridized carbons (Fsp3) is 0.200. The Labute approximate surface area is 182 Å². The summed E-state index contributed by atoms with van der Waals surface area (Å²) in [5, 5.41) is 5.81. The van der Waals surface area contributed by atoms with Gasteiger partial charge in [-0.05, 0) is 53.1 Å². The summed E-state index contributed by atoms with van der Waals surface area (Å²) in [4.78, 5) is 25.1. The second-order valence-electron chi connectivity index (χ2n) is 7.10. The van der Waals surface area contributed by atoms with E-state index in [1.165, 1.54) is 0 Å². The molecular weight excluding hydrogens is 392 g/mol. The van der Waals surface area contributed by atoms with Crippen molar-refractivity contribution in [2.24, 2.45) is 0 Å². The average molecular weight is 418 g/mol. The zero-order chi connectivity index (χ0) is 22.1. The molecule has 2 N–H and O–H groups in total. The molecule has 3 rings (SSSR count). The van der Waals surface area contributed by atoms with Gasteiger partial charge in [-0.15, -0.1) is 0 Å². The second-order valence-corrected chi connectivity index (χ2v) is 7.10. The summed E-state index contributed by atoms with van der Waals surface area (Å²) >= 11 is 0. The number of ether oxygens (including phenoxy) is 2. The van der Waals surface area contributed by atoms with E-state index in [2.05, 4.69) is 10.6 Å². The molecule has 6 heteroatoms. The van der Waals surface area contributed by atoms with Crippen molar-refractivity contribution in [1.29, 1.82) is 0 Å². The summed E-state index contributed by atoms with van der Waals surface area (Å²) in [6.07, 6.45) is 0. The summed E-state index contributed by atoms with van der Waals surface area (Å²) in [5.74, 6) is -0.364. The van der Waals surface area contributed by atoms with E-state index < -0.39 is 0 Å². The van der Waals surface area contributed by atoms with Crippen molar-refractivity contribution in [2.45, 2.75) is 19.8 Å². The van der Waals surface area contributed by atoms with Gasteiger partial charge in [-0.2, -0.15) is 0 Å². The van der Waals surface area contributed by atoms with Crippen LogP contribution in [0.5, 0.6) is 0 Å². The lowest BCUT2D eigenvalue weighted by atomic mass is 10.1. The second kappa shape index (κ2) is 11.1. The van der Waals surface area contributed by atoms with Gasteiger partial charge in [0.25, 0.3) is 11.8 Å². The molecule has 0 saturated carbocycles. The minimum absolute atomic E-state index is 0.164. The van der Waals surface area contributed by atoms with Gasteiger partial charge in [0.05, 0.1) is 13.2 Å². The smallest absolute Gasteiger partial charge is 0.255 e. The van der Waals surface area contributed by atoms with E-state index in [9.17, 15) is 9.59 Å². The Balaban J connectivity index is 1.61. The highest BCUT2D eigenvalue weighted by Crippen LogP contribution is 2.14. The molecule has 0 fully saturated rings. The van der Waals surface area contributed by atoms with Gasteiger partial charge in [0.1, 0.15) is 0 Å². The molecule has 0 bridgehead atoms. The van der Waals surface area contributed by atoms with Crippen molar-refractivity contribution in [3.8, 4) is 0 Å². The summed E-state index contributed by atoms with van der Waals surface area (Å²) in [6, 6.07) is 22.0. The predicted molar refractivity (Wildman–Crippen MR) is 120 cm³/mol. The highest BCUT2D eigenvalue weighted by atomic mass is 16.5. The molecule has 3 aromatic rings. The summed E-state index contributed by atoms with van der Waals surface area (Å²) in [6.45, 7) is 1.25. The van der Waals surface area contributed by atoms with E-state index in [0.29, 0.717) is 36.6 Å². The Morgan fingerprint density at radius 1 is 0.710 bits per heavy atom. The first-order valence-corrected chi connectivity index (χ1v) is 9.93. The lowest BCUT2D eigenvalue weighted by Crippen LogP contribution is -2.23. The van der Waals surface area contributed by atoms with Crippen molar-refractivity contribution in [2.75, 3.05) is 19.5 Å². The normalized spacial score (nSPS) is 10.5. The number of anilines is 1. The molecule has 0 atom stereocenters. The third-order valence-electron chi connectivity index (χ3n) is 4.64. The molecule has 6 nitrogen and oxygen atoms in total. The van der Waals surface area contributed by atoms with E-state index >= 15 is 0 Å². The van der Waals surface area contributed by atoms with E-state index in [1.807, 2.05) is 54.6 Å². The molecule has 0 aliphatic carbocycles. The van der Waals surface area contributed by atoms with E-state index in [1.54, 1.807) is 32.4 Å². The fourth-order valence-electron chi connectivity index (χ4n) is 3.18. The van der Waals surface area contributed by atoms with E-state index in [0.717, 1.165) is 16.7 Å². The molecule has 0 heterocycles. The van der Waals surface area contributed by atoms with Crippen molar-refractivity contribution in [3.05, 3.63) is 101 Å². The van der Waals surface area contributed by atoms with Crippen LogP contribution in [0, 0.1) is 0 Å². The topological polar surface area (TPSA) is 76.7 Å². The molecule has 0 aromatic heterocycles. The van der Waals surface area contributed by atoms with Crippen LogP contribution in [0.15, 0.2) is 72.8 Å². The molecule has 0 radical (unpaired) electrons. The maximum Gasteiger partial charge on any atom is 0.255 e. The first-order valence-electron chi connectivity index (χ1n) is 9.93. The van der Waals surface area contributed by atoms with Gasteiger partial charge in [0, 0.05) is 37.6 Å². The SMILES string of the molecule is COCc1cccc(C(=O)NCc2cccc(NC(=O)c3cccc(COC)c3)c2)c1. The lowest BCUT2D eigenvalue weighted by Gasteiger charge is -2.10. The quantitative estimate of drug-likeness (QED) is 0.547. The minimum atomic E-state index is -0.200. The maximum absolute atomic E-state index is 12.6. The first-order chi connectivity index (χ1) is 15.1. The number of carbonyl (C=O) groups is 2. The van der Waals surface area contributed by atoms with Crippen molar-refractivity contribution < 1.29 is 19.1 Å². The molecule has 0 spiro atoms. The van der Waals surface area contributed by atoms with Gasteiger partial charge in [0.2, 0.25) is 0 Å². The summed E-state index contributed by atoms with van der Waals surface area (Å²) in [7, 11) is 3.24. The average Bonchev–Trinajstić information content (AvgIpc) is 2.78. The predicted octanol–water partition coefficient (Wildman–Crippen LogP) is 4.16. The summed E-state index contributed by atoms with van der Waals surface area (Å²) in [5.41, 5.74) is 4.55. The molecule has 0 unspecified atom stereocenters. The van der Waals surface area contributed by atoms with Gasteiger partial charge >= 0.3 is 0 Å². The number of nitrogens with one attached hydrogen (secondary N) is 2. The molecule has 0 saturated heterocycles. The summed E-state index contributed by atoms with van der Waals surface area (Å²) < 4.78 is 10.2. The molecule has 0 aliphatic heterocycles. The Bertz CT molecular complexity index is 1050. The molecule has 3 aromatic carbocycles. The monoisotopic (exact) mass is 418 g/mol. The van der Waals surface area contributed by atoms with Crippen molar-refractivity contribution in [3.63, 3.8) is 0 Å². The molecular formula is C25H26N2O4. The number of benzene rings is 3. The first kappa shape index (κ1) is 22.2. The van der Waals surface area contributed by atoms with Crippen LogP contribution in [-0.4, -0.2) is 26.0 Å². The van der Waals surface area contributed by atoms with Crippen molar-refractivity contribution >= 4 is 17.5 Å². The highest BCUT2D eigenvalue weighted by molar-refractivity contribution is 6.04. The van der Waals surface area contributed by atoms with Gasteiger partial charge in [0.15, 0.2) is 0 Å². The Kier molecular flexibility index (Phi) is 7.92. The van der Waals surface area contributed by atoms with Gasteiger partial charge in [-0.25, -0.2) is 0 Å². The standard InChI is InChI=1S/C25H26N2O4/c1-30-16-19-7-3-9-21(12-19)24(28)26-15-18-6-5-11-23(14-18)27-25(29)22-10-4-8-20(13-22)17-31-2/h3-14H,15-17H2,1-2H3,(H,26,28)(H,27,29). The van der Waals surface area contributed by atoms with Crippen LogP contribution in [0.3, 0.4) is 0 Å². The number of rotatable bonds is 9. The van der Waals surface area contributed by atoms with Crippen LogP contribution in [0.1, 0.15) is 37.4 Å². The third kappa shape index (κ3) is 6.50. The fourth-order valence-corrected chi connectivity index (χ4v) is 3.18. The zero-order valence-corrected chi connectivity index (χ0v) is 17.7. The molecule has 160 valence electrons. The number of amides is 2. The molecule has 2 amide bonds. The molecule has 0 aliphatic rings. The third-order valence-corrected chi connectivity index (χ3v) is 4.64. The Morgan fingerprint density at radius 2 is 1.26 bits per heavy atom. The van der Waals surface area contributed by atoms with Crippen LogP contribution in [0.25, 0.3) is 0 Å². The Morgan fingerprint density at radius 3 is 1.87 bits per heavy atom. The number of hydrogen-bond donors (Lipinski definition) is 2. The van der Waals surface area contributed by atoms with Crippen LogP contribution >= 0.6 is 0 Å². The Hall–Kier alpha value is -3.48. The van der Waals surface area contributed by atoms with Crippen molar-refractivity contribution in [1.82, 2.24) is 5.32 Å². The zero-order valence-electron chi connectivity index (χ0n) is 17.7. The molecule has 31 heavy (non-hydrogen) atoms. The van der Waals surface area contributed by atoms with Crippen LogP contribution in [-0.2, 0) is 29.2 Å². The van der Waals surface area contributed by atoms with Gasteiger partial charge in [-0.1, -0.05) is 36.4 Å². The van der Waals surface area contributed by atoms with Crippen LogP contribution in [0.4, 0.5) is 5.69 Å². The van der Waals surface area contributed by atoms with Crippen LogP contribution in [0.2, 0.25) is 0 Å². The number of hydrogen-bond acceptors (Lipinski definition) is 4. The van der Waals surface area contributed by atoms with E-state index in [-0.39, 0.29) is 11.8 Å². The van der Waals surface area contributed by atoms with Gasteiger partial charge < -0.3 is 20.1 Å². The minimum Gasteiger partial charge on any atom is -0.380 e. The van der Waals surface area contributed by atoms with E-state index in [4.69, 9.17) is 9.47 Å².